The molecule has 0 bridgehead atoms. The molecule has 1 fully saturated rings. The molecular formula is C15H23FN2. The summed E-state index contributed by atoms with van der Waals surface area (Å²) in [6, 6.07) is 3.98. The summed E-state index contributed by atoms with van der Waals surface area (Å²) < 4.78 is 12.8. The van der Waals surface area contributed by atoms with E-state index in [9.17, 15) is 4.39 Å². The highest BCUT2D eigenvalue weighted by Crippen LogP contribution is 2.30. The van der Waals surface area contributed by atoms with Crippen LogP contribution in [-0.2, 0) is 0 Å². The van der Waals surface area contributed by atoms with Gasteiger partial charge in [0, 0.05) is 12.1 Å². The standard InChI is InChI=1S/C15H23FN2/c1-10-5-4-6-14(11(10)2)18-12(3)15-8-7-13(16)9-17-15/h7-12,14,18H,4-6H2,1-3H3. The quantitative estimate of drug-likeness (QED) is 0.885. The third-order valence-electron chi connectivity index (χ3n) is 4.36. The highest BCUT2D eigenvalue weighted by Gasteiger charge is 2.28. The van der Waals surface area contributed by atoms with Crippen LogP contribution in [0.3, 0.4) is 0 Å². The van der Waals surface area contributed by atoms with Gasteiger partial charge in [-0.05, 0) is 37.3 Å². The van der Waals surface area contributed by atoms with Crippen molar-refractivity contribution in [1.29, 1.82) is 0 Å². The van der Waals surface area contributed by atoms with Gasteiger partial charge in [0.05, 0.1) is 11.9 Å². The third kappa shape index (κ3) is 3.08. The first kappa shape index (κ1) is 13.5. The number of halogens is 1. The Morgan fingerprint density at radius 3 is 2.78 bits per heavy atom. The van der Waals surface area contributed by atoms with Crippen LogP contribution in [0.15, 0.2) is 18.3 Å². The summed E-state index contributed by atoms with van der Waals surface area (Å²) in [6.45, 7) is 6.76. The van der Waals surface area contributed by atoms with Crippen LogP contribution >= 0.6 is 0 Å². The van der Waals surface area contributed by atoms with Gasteiger partial charge < -0.3 is 5.32 Å². The zero-order valence-corrected chi connectivity index (χ0v) is 11.5. The molecule has 18 heavy (non-hydrogen) atoms. The summed E-state index contributed by atoms with van der Waals surface area (Å²) in [5.41, 5.74) is 0.918. The Bertz CT molecular complexity index is 377. The Labute approximate surface area is 109 Å². The Morgan fingerprint density at radius 2 is 2.11 bits per heavy atom. The summed E-state index contributed by atoms with van der Waals surface area (Å²) in [5.74, 6) is 1.21. The van der Waals surface area contributed by atoms with Crippen LogP contribution in [0.25, 0.3) is 0 Å². The van der Waals surface area contributed by atoms with E-state index in [0.29, 0.717) is 12.0 Å². The molecule has 1 heterocycles. The maximum atomic E-state index is 12.8. The van der Waals surface area contributed by atoms with Gasteiger partial charge >= 0.3 is 0 Å². The maximum absolute atomic E-state index is 12.8. The molecule has 2 nitrogen and oxygen atoms in total. The minimum Gasteiger partial charge on any atom is -0.306 e. The second-order valence-electron chi connectivity index (χ2n) is 5.66. The zero-order valence-electron chi connectivity index (χ0n) is 11.5. The van der Waals surface area contributed by atoms with Crippen molar-refractivity contribution >= 4 is 0 Å². The van der Waals surface area contributed by atoms with E-state index in [2.05, 4.69) is 31.1 Å². The molecule has 1 aromatic heterocycles. The fourth-order valence-electron chi connectivity index (χ4n) is 2.87. The molecule has 2 rings (SSSR count). The second kappa shape index (κ2) is 5.79. The van der Waals surface area contributed by atoms with Crippen LogP contribution in [0.4, 0.5) is 4.39 Å². The largest absolute Gasteiger partial charge is 0.306 e. The molecule has 1 saturated carbocycles. The topological polar surface area (TPSA) is 24.9 Å². The summed E-state index contributed by atoms with van der Waals surface area (Å²) in [5, 5.41) is 3.65. The van der Waals surface area contributed by atoms with Gasteiger partial charge in [-0.15, -0.1) is 0 Å². The highest BCUT2D eigenvalue weighted by atomic mass is 19.1. The van der Waals surface area contributed by atoms with E-state index in [-0.39, 0.29) is 11.9 Å². The van der Waals surface area contributed by atoms with E-state index in [1.807, 2.05) is 0 Å². The van der Waals surface area contributed by atoms with Gasteiger partial charge in [-0.25, -0.2) is 4.39 Å². The van der Waals surface area contributed by atoms with Crippen LogP contribution in [-0.4, -0.2) is 11.0 Å². The molecule has 1 aliphatic carbocycles. The SMILES string of the molecule is CC(NC1CCCC(C)C1C)c1ccc(F)cn1. The van der Waals surface area contributed by atoms with E-state index < -0.39 is 0 Å². The number of pyridine rings is 1. The number of aromatic nitrogens is 1. The highest BCUT2D eigenvalue weighted by molar-refractivity contribution is 5.09. The van der Waals surface area contributed by atoms with E-state index in [0.717, 1.165) is 11.6 Å². The fraction of sp³-hybridized carbons (Fsp3) is 0.667. The molecule has 0 saturated heterocycles. The molecule has 100 valence electrons. The van der Waals surface area contributed by atoms with Crippen LogP contribution in [0.2, 0.25) is 0 Å². The molecule has 1 aromatic rings. The molecular weight excluding hydrogens is 227 g/mol. The van der Waals surface area contributed by atoms with Crippen LogP contribution in [0.5, 0.6) is 0 Å². The van der Waals surface area contributed by atoms with Crippen molar-refractivity contribution in [3.05, 3.63) is 29.8 Å². The predicted octanol–water partition coefficient (Wildman–Crippen LogP) is 3.70. The van der Waals surface area contributed by atoms with Gasteiger partial charge in [-0.3, -0.25) is 4.98 Å². The summed E-state index contributed by atoms with van der Waals surface area (Å²) in [7, 11) is 0. The van der Waals surface area contributed by atoms with Gasteiger partial charge in [-0.2, -0.15) is 0 Å². The zero-order chi connectivity index (χ0) is 13.1. The average Bonchev–Trinajstić information content (AvgIpc) is 2.36. The Hall–Kier alpha value is -0.960. The fourth-order valence-corrected chi connectivity index (χ4v) is 2.87. The summed E-state index contributed by atoms with van der Waals surface area (Å²) in [4.78, 5) is 4.15. The molecule has 1 aliphatic rings. The van der Waals surface area contributed by atoms with Crippen molar-refractivity contribution in [2.75, 3.05) is 0 Å². The maximum Gasteiger partial charge on any atom is 0.141 e. The monoisotopic (exact) mass is 250 g/mol. The van der Waals surface area contributed by atoms with Crippen molar-refractivity contribution in [3.63, 3.8) is 0 Å². The first-order chi connectivity index (χ1) is 8.58. The third-order valence-corrected chi connectivity index (χ3v) is 4.36. The minimum absolute atomic E-state index is 0.184. The number of rotatable bonds is 3. The summed E-state index contributed by atoms with van der Waals surface area (Å²) in [6.07, 6.45) is 5.16. The van der Waals surface area contributed by atoms with Gasteiger partial charge in [0.15, 0.2) is 0 Å². The number of hydrogen-bond donors (Lipinski definition) is 1. The number of hydrogen-bond acceptors (Lipinski definition) is 2. The lowest BCUT2D eigenvalue weighted by Crippen LogP contribution is -2.41. The predicted molar refractivity (Wildman–Crippen MR) is 71.7 cm³/mol. The normalized spacial score (nSPS) is 30.1. The van der Waals surface area contributed by atoms with E-state index >= 15 is 0 Å². The van der Waals surface area contributed by atoms with Gasteiger partial charge in [0.1, 0.15) is 5.82 Å². The second-order valence-corrected chi connectivity index (χ2v) is 5.66. The van der Waals surface area contributed by atoms with Crippen LogP contribution in [0.1, 0.15) is 51.8 Å². The molecule has 0 aliphatic heterocycles. The molecule has 4 atom stereocenters. The van der Waals surface area contributed by atoms with Gasteiger partial charge in [-0.1, -0.05) is 26.7 Å². The van der Waals surface area contributed by atoms with Crippen molar-refractivity contribution in [2.24, 2.45) is 11.8 Å². The molecule has 4 unspecified atom stereocenters. The Morgan fingerprint density at radius 1 is 1.33 bits per heavy atom. The van der Waals surface area contributed by atoms with Gasteiger partial charge in [0.25, 0.3) is 0 Å². The smallest absolute Gasteiger partial charge is 0.141 e. The number of nitrogens with zero attached hydrogens (tertiary/aromatic N) is 1. The van der Waals surface area contributed by atoms with Crippen molar-refractivity contribution < 1.29 is 4.39 Å². The van der Waals surface area contributed by atoms with Crippen LogP contribution in [0, 0.1) is 17.7 Å². The lowest BCUT2D eigenvalue weighted by Gasteiger charge is -2.36. The molecule has 1 N–H and O–H groups in total. The van der Waals surface area contributed by atoms with E-state index in [1.165, 1.54) is 31.5 Å². The van der Waals surface area contributed by atoms with Gasteiger partial charge in [0.2, 0.25) is 0 Å². The Kier molecular flexibility index (Phi) is 4.33. The lowest BCUT2D eigenvalue weighted by atomic mass is 9.78. The minimum atomic E-state index is -0.273. The molecule has 0 amide bonds. The average molecular weight is 250 g/mol. The molecule has 0 spiro atoms. The van der Waals surface area contributed by atoms with Crippen molar-refractivity contribution in [3.8, 4) is 0 Å². The van der Waals surface area contributed by atoms with Crippen molar-refractivity contribution in [1.82, 2.24) is 10.3 Å². The number of nitrogens with one attached hydrogen (secondary N) is 1. The first-order valence-corrected chi connectivity index (χ1v) is 6.95. The van der Waals surface area contributed by atoms with Crippen LogP contribution < -0.4 is 5.32 Å². The van der Waals surface area contributed by atoms with E-state index in [4.69, 9.17) is 0 Å². The molecule has 0 radical (unpaired) electrons. The van der Waals surface area contributed by atoms with Crippen molar-refractivity contribution in [2.45, 2.75) is 52.1 Å². The Balaban J connectivity index is 1.98. The summed E-state index contributed by atoms with van der Waals surface area (Å²) >= 11 is 0. The lowest BCUT2D eigenvalue weighted by molar-refractivity contribution is 0.195. The molecule has 3 heteroatoms. The first-order valence-electron chi connectivity index (χ1n) is 6.95. The van der Waals surface area contributed by atoms with E-state index in [1.54, 1.807) is 6.07 Å². The molecule has 0 aromatic carbocycles.